The number of benzene rings is 3. The Morgan fingerprint density at radius 1 is 0.391 bits per heavy atom. The van der Waals surface area contributed by atoms with E-state index in [1.54, 1.807) is 0 Å². The second kappa shape index (κ2) is 6.96. The first-order valence-electron chi connectivity index (χ1n) is 7.63. The van der Waals surface area contributed by atoms with Crippen molar-refractivity contribution in [2.24, 2.45) is 0 Å². The maximum atomic E-state index is 2.22. The molecule has 0 saturated carbocycles. The zero-order chi connectivity index (χ0) is 15.5. The minimum absolute atomic E-state index is 1.31. The first-order chi connectivity index (χ1) is 11.4. The van der Waals surface area contributed by atoms with Crippen molar-refractivity contribution in [3.63, 3.8) is 0 Å². The molecule has 0 N–H and O–H groups in total. The van der Waals surface area contributed by atoms with Gasteiger partial charge in [0, 0.05) is 5.92 Å². The number of hydrogen-bond acceptors (Lipinski definition) is 0. The SMILES string of the molecule is c1ccc([C]2[P][P][C](c3ccccc3)[C]2c2ccccc2)cc1. The third kappa shape index (κ3) is 3.12. The largest absolute Gasteiger partial charge is 0.0622 e. The lowest BCUT2D eigenvalue weighted by Gasteiger charge is -2.23. The van der Waals surface area contributed by atoms with Crippen molar-refractivity contribution in [1.29, 1.82) is 0 Å². The third-order valence-electron chi connectivity index (χ3n) is 3.88. The lowest BCUT2D eigenvalue weighted by molar-refractivity contribution is 1.14. The van der Waals surface area contributed by atoms with Crippen molar-refractivity contribution in [2.45, 2.75) is 0 Å². The van der Waals surface area contributed by atoms with Crippen LogP contribution in [0.15, 0.2) is 91.0 Å². The van der Waals surface area contributed by atoms with Gasteiger partial charge in [-0.15, -0.1) is 0 Å². The first-order valence-corrected chi connectivity index (χ1v) is 10.1. The summed E-state index contributed by atoms with van der Waals surface area (Å²) in [4.78, 5) is 0. The van der Waals surface area contributed by atoms with Gasteiger partial charge in [-0.1, -0.05) is 91.0 Å². The molecule has 0 nitrogen and oxygen atoms in total. The molecule has 0 bridgehead atoms. The Bertz CT molecular complexity index is 693. The van der Waals surface area contributed by atoms with Crippen LogP contribution in [-0.4, -0.2) is 0 Å². The van der Waals surface area contributed by atoms with E-state index in [0.29, 0.717) is 0 Å². The van der Waals surface area contributed by atoms with Crippen LogP contribution in [0, 0.1) is 17.2 Å². The Morgan fingerprint density at radius 3 is 1.13 bits per heavy atom. The van der Waals surface area contributed by atoms with E-state index in [-0.39, 0.29) is 0 Å². The summed E-state index contributed by atoms with van der Waals surface area (Å²) in [5.41, 5.74) is 6.82. The van der Waals surface area contributed by atoms with Crippen molar-refractivity contribution in [3.8, 4) is 0 Å². The molecule has 1 fully saturated rings. The van der Waals surface area contributed by atoms with Gasteiger partial charge in [-0.3, -0.25) is 0 Å². The molecule has 5 radical (unpaired) electrons. The predicted molar refractivity (Wildman–Crippen MR) is 100 cm³/mol. The molecule has 1 saturated heterocycles. The zero-order valence-electron chi connectivity index (χ0n) is 12.6. The van der Waals surface area contributed by atoms with Crippen LogP contribution in [0.4, 0.5) is 0 Å². The van der Waals surface area contributed by atoms with Gasteiger partial charge < -0.3 is 0 Å². The first kappa shape index (κ1) is 15.1. The Balaban J connectivity index is 1.77. The van der Waals surface area contributed by atoms with Gasteiger partial charge in [0.05, 0.1) is 11.3 Å². The smallest absolute Gasteiger partial charge is 0.0509 e. The molecule has 0 unspecified atom stereocenters. The molecular formula is C21H15P2. The maximum absolute atomic E-state index is 2.22. The zero-order valence-corrected chi connectivity index (χ0v) is 14.3. The molecule has 1 aliphatic heterocycles. The number of hydrogen-bond donors (Lipinski definition) is 0. The predicted octanol–water partition coefficient (Wildman–Crippen LogP) is 6.59. The second-order valence-electron chi connectivity index (χ2n) is 5.37. The Hall–Kier alpha value is -1.48. The highest BCUT2D eigenvalue weighted by Gasteiger charge is 2.41. The van der Waals surface area contributed by atoms with Crippen LogP contribution in [0.5, 0.6) is 0 Å². The van der Waals surface area contributed by atoms with Crippen molar-refractivity contribution in [1.82, 2.24) is 0 Å². The summed E-state index contributed by atoms with van der Waals surface area (Å²) in [6.45, 7) is 0. The van der Waals surface area contributed by atoms with Crippen LogP contribution in [0.2, 0.25) is 0 Å². The van der Waals surface area contributed by atoms with Gasteiger partial charge in [0.2, 0.25) is 0 Å². The van der Waals surface area contributed by atoms with Crippen molar-refractivity contribution >= 4 is 16.5 Å². The van der Waals surface area contributed by atoms with Gasteiger partial charge >= 0.3 is 0 Å². The van der Waals surface area contributed by atoms with E-state index >= 15 is 0 Å². The normalized spacial score (nSPS) is 18.8. The van der Waals surface area contributed by atoms with Crippen LogP contribution in [0.25, 0.3) is 0 Å². The Labute approximate surface area is 141 Å². The van der Waals surface area contributed by atoms with Gasteiger partial charge in [-0.25, -0.2) is 0 Å². The molecule has 0 aliphatic carbocycles. The molecule has 0 atom stereocenters. The molecule has 23 heavy (non-hydrogen) atoms. The topological polar surface area (TPSA) is 0 Å². The van der Waals surface area contributed by atoms with Crippen molar-refractivity contribution < 1.29 is 0 Å². The second-order valence-corrected chi connectivity index (χ2v) is 7.86. The van der Waals surface area contributed by atoms with E-state index in [4.69, 9.17) is 0 Å². The summed E-state index contributed by atoms with van der Waals surface area (Å²) >= 11 is 0. The lowest BCUT2D eigenvalue weighted by atomic mass is 9.85. The average Bonchev–Trinajstić information content (AvgIpc) is 3.09. The minimum Gasteiger partial charge on any atom is -0.0622 e. The summed E-state index contributed by atoms with van der Waals surface area (Å²) in [5, 5.41) is 0. The molecule has 1 heterocycles. The quantitative estimate of drug-likeness (QED) is 0.475. The highest BCUT2D eigenvalue weighted by molar-refractivity contribution is 8.16. The summed E-state index contributed by atoms with van der Waals surface area (Å²) in [7, 11) is 2.72. The van der Waals surface area contributed by atoms with Crippen molar-refractivity contribution in [2.75, 3.05) is 0 Å². The van der Waals surface area contributed by atoms with E-state index in [1.807, 2.05) is 0 Å². The van der Waals surface area contributed by atoms with E-state index < -0.39 is 0 Å². The van der Waals surface area contributed by atoms with E-state index in [2.05, 4.69) is 91.0 Å². The number of rotatable bonds is 3. The monoisotopic (exact) mass is 329 g/mol. The molecule has 4 rings (SSSR count). The highest BCUT2D eigenvalue weighted by atomic mass is 32.0. The summed E-state index contributed by atoms with van der Waals surface area (Å²) in [6, 6.07) is 32.3. The van der Waals surface area contributed by atoms with E-state index in [0.717, 1.165) is 0 Å². The van der Waals surface area contributed by atoms with Crippen LogP contribution in [-0.2, 0) is 0 Å². The fourth-order valence-electron chi connectivity index (χ4n) is 2.79. The molecular weight excluding hydrogens is 314 g/mol. The molecule has 3 aromatic rings. The van der Waals surface area contributed by atoms with Gasteiger partial charge in [-0.05, 0) is 33.2 Å². The third-order valence-corrected chi connectivity index (χ3v) is 6.84. The molecule has 1 aliphatic rings. The standard InChI is InChI=1S/C21H15P2/c1-4-10-16(11-5-1)19-20(17-12-6-2-7-13-17)22-23-21(19)18-14-8-3-9-15-18/h1-15H. The Morgan fingerprint density at radius 2 is 0.739 bits per heavy atom. The van der Waals surface area contributed by atoms with Gasteiger partial charge in [0.1, 0.15) is 0 Å². The van der Waals surface area contributed by atoms with Gasteiger partial charge in [0.15, 0.2) is 0 Å². The van der Waals surface area contributed by atoms with Crippen molar-refractivity contribution in [3.05, 3.63) is 125 Å². The lowest BCUT2D eigenvalue weighted by Crippen LogP contribution is -2.11. The fourth-order valence-corrected chi connectivity index (χ4v) is 6.18. The summed E-state index contributed by atoms with van der Waals surface area (Å²) < 4.78 is 0. The van der Waals surface area contributed by atoms with Crippen LogP contribution >= 0.6 is 16.5 Å². The minimum atomic E-state index is 1.31. The molecule has 0 amide bonds. The molecule has 0 spiro atoms. The van der Waals surface area contributed by atoms with Crippen LogP contribution in [0.1, 0.15) is 16.7 Å². The molecule has 0 aromatic heterocycles. The van der Waals surface area contributed by atoms with E-state index in [9.17, 15) is 0 Å². The average molecular weight is 329 g/mol. The van der Waals surface area contributed by atoms with Crippen LogP contribution < -0.4 is 0 Å². The highest BCUT2D eigenvalue weighted by Crippen LogP contribution is 2.72. The molecule has 3 aromatic carbocycles. The maximum Gasteiger partial charge on any atom is 0.0509 e. The summed E-state index contributed by atoms with van der Waals surface area (Å²) in [6.07, 6.45) is 0. The molecule has 2 heteroatoms. The Kier molecular flexibility index (Phi) is 4.56. The fraction of sp³-hybridized carbons (Fsp3) is 0. The molecule has 109 valence electrons. The summed E-state index contributed by atoms with van der Waals surface area (Å²) in [5.74, 6) is 1.39. The van der Waals surface area contributed by atoms with E-state index in [1.165, 1.54) is 50.5 Å². The van der Waals surface area contributed by atoms with Gasteiger partial charge in [0.25, 0.3) is 0 Å². The van der Waals surface area contributed by atoms with Crippen LogP contribution in [0.3, 0.4) is 0 Å². The van der Waals surface area contributed by atoms with Gasteiger partial charge in [-0.2, -0.15) is 0 Å².